The largest absolute Gasteiger partial charge is 0.452 e. The van der Waals surface area contributed by atoms with Crippen molar-refractivity contribution in [3.8, 4) is 0 Å². The normalized spacial score (nSPS) is 13.4. The monoisotopic (exact) mass is 398 g/mol. The standard InChI is InChI=1S/C22H23FN2O4/c23-19-9-5-16(6-10-19)11-12-24-20(26)15-29-22(28)18-7-3-17(4-8-18)14-25-13-1-2-21(25)27/h3-10H,1-2,11-15H2,(H,24,26). The van der Waals surface area contributed by atoms with Crippen molar-refractivity contribution in [1.82, 2.24) is 10.2 Å². The van der Waals surface area contributed by atoms with E-state index < -0.39 is 11.9 Å². The number of halogens is 1. The Bertz CT molecular complexity index is 865. The molecule has 2 amide bonds. The second-order valence-electron chi connectivity index (χ2n) is 6.92. The minimum atomic E-state index is -0.581. The van der Waals surface area contributed by atoms with E-state index in [4.69, 9.17) is 4.74 Å². The second-order valence-corrected chi connectivity index (χ2v) is 6.92. The molecule has 2 aromatic carbocycles. The number of benzene rings is 2. The highest BCUT2D eigenvalue weighted by Crippen LogP contribution is 2.15. The predicted octanol–water partition coefficient (Wildman–Crippen LogP) is 2.46. The zero-order chi connectivity index (χ0) is 20.6. The maximum absolute atomic E-state index is 12.8. The fraction of sp³-hybridized carbons (Fsp3) is 0.318. The molecule has 1 heterocycles. The number of hydrogen-bond acceptors (Lipinski definition) is 4. The first-order chi connectivity index (χ1) is 14.0. The van der Waals surface area contributed by atoms with E-state index in [1.807, 2.05) is 0 Å². The summed E-state index contributed by atoms with van der Waals surface area (Å²) in [7, 11) is 0. The molecule has 0 unspecified atom stereocenters. The van der Waals surface area contributed by atoms with Crippen molar-refractivity contribution < 1.29 is 23.5 Å². The van der Waals surface area contributed by atoms with Crippen molar-refractivity contribution in [2.45, 2.75) is 25.8 Å². The Morgan fingerprint density at radius 3 is 2.38 bits per heavy atom. The third-order valence-electron chi connectivity index (χ3n) is 4.72. The first-order valence-corrected chi connectivity index (χ1v) is 9.56. The SMILES string of the molecule is O=C(COC(=O)c1ccc(CN2CCCC2=O)cc1)NCCc1ccc(F)cc1. The number of nitrogens with zero attached hydrogens (tertiary/aromatic N) is 1. The molecule has 1 fully saturated rings. The lowest BCUT2D eigenvalue weighted by atomic mass is 10.1. The van der Waals surface area contributed by atoms with Crippen LogP contribution in [-0.4, -0.2) is 42.4 Å². The van der Waals surface area contributed by atoms with Crippen LogP contribution in [0, 0.1) is 5.82 Å². The van der Waals surface area contributed by atoms with Gasteiger partial charge in [0.15, 0.2) is 6.61 Å². The van der Waals surface area contributed by atoms with Gasteiger partial charge in [-0.3, -0.25) is 9.59 Å². The van der Waals surface area contributed by atoms with Crippen LogP contribution < -0.4 is 5.32 Å². The van der Waals surface area contributed by atoms with Crippen molar-refractivity contribution in [3.63, 3.8) is 0 Å². The fourth-order valence-corrected chi connectivity index (χ4v) is 3.10. The Labute approximate surface area is 168 Å². The number of carbonyl (C=O) groups is 3. The van der Waals surface area contributed by atoms with Gasteiger partial charge in [0.1, 0.15) is 5.82 Å². The van der Waals surface area contributed by atoms with E-state index in [1.165, 1.54) is 12.1 Å². The van der Waals surface area contributed by atoms with Crippen molar-refractivity contribution in [2.75, 3.05) is 19.7 Å². The van der Waals surface area contributed by atoms with Crippen LogP contribution in [0.15, 0.2) is 48.5 Å². The van der Waals surface area contributed by atoms with Crippen LogP contribution in [0.2, 0.25) is 0 Å². The quantitative estimate of drug-likeness (QED) is 0.693. The van der Waals surface area contributed by atoms with Gasteiger partial charge in [0, 0.05) is 26.1 Å². The number of ether oxygens (including phenoxy) is 1. The molecule has 0 radical (unpaired) electrons. The summed E-state index contributed by atoms with van der Waals surface area (Å²) in [6.07, 6.45) is 2.03. The average molecular weight is 398 g/mol. The van der Waals surface area contributed by atoms with Gasteiger partial charge in [-0.2, -0.15) is 0 Å². The predicted molar refractivity (Wildman–Crippen MR) is 104 cm³/mol. The molecule has 0 bridgehead atoms. The van der Waals surface area contributed by atoms with Gasteiger partial charge in [0.2, 0.25) is 5.91 Å². The Kier molecular flexibility index (Phi) is 6.94. The number of nitrogens with one attached hydrogen (secondary N) is 1. The minimum Gasteiger partial charge on any atom is -0.452 e. The topological polar surface area (TPSA) is 75.7 Å². The third-order valence-corrected chi connectivity index (χ3v) is 4.72. The summed E-state index contributed by atoms with van der Waals surface area (Å²) in [5.41, 5.74) is 2.19. The number of hydrogen-bond donors (Lipinski definition) is 1. The average Bonchev–Trinajstić information content (AvgIpc) is 3.12. The van der Waals surface area contributed by atoms with Gasteiger partial charge in [0.25, 0.3) is 5.91 Å². The fourth-order valence-electron chi connectivity index (χ4n) is 3.10. The lowest BCUT2D eigenvalue weighted by molar-refractivity contribution is -0.128. The van der Waals surface area contributed by atoms with E-state index in [9.17, 15) is 18.8 Å². The summed E-state index contributed by atoms with van der Waals surface area (Å²) in [5.74, 6) is -1.13. The van der Waals surface area contributed by atoms with Crippen LogP contribution in [0.3, 0.4) is 0 Å². The molecule has 0 aromatic heterocycles. The first-order valence-electron chi connectivity index (χ1n) is 9.56. The molecule has 0 aliphatic carbocycles. The van der Waals surface area contributed by atoms with Crippen LogP contribution in [0.4, 0.5) is 4.39 Å². The number of likely N-dealkylation sites (tertiary alicyclic amines) is 1. The van der Waals surface area contributed by atoms with Crippen LogP contribution in [0.1, 0.15) is 34.3 Å². The number of amides is 2. The molecule has 0 spiro atoms. The maximum atomic E-state index is 12.8. The smallest absolute Gasteiger partial charge is 0.338 e. The molecule has 1 aliphatic rings. The molecule has 6 nitrogen and oxygen atoms in total. The molecule has 7 heteroatoms. The highest BCUT2D eigenvalue weighted by atomic mass is 19.1. The van der Waals surface area contributed by atoms with E-state index in [0.717, 1.165) is 24.1 Å². The summed E-state index contributed by atoms with van der Waals surface area (Å²) in [5, 5.41) is 2.66. The zero-order valence-electron chi connectivity index (χ0n) is 16.0. The number of rotatable bonds is 8. The highest BCUT2D eigenvalue weighted by molar-refractivity contribution is 5.91. The summed E-state index contributed by atoms with van der Waals surface area (Å²) >= 11 is 0. The number of esters is 1. The molecule has 1 N–H and O–H groups in total. The van der Waals surface area contributed by atoms with Crippen LogP contribution >= 0.6 is 0 Å². The van der Waals surface area contributed by atoms with E-state index in [1.54, 1.807) is 41.3 Å². The van der Waals surface area contributed by atoms with E-state index in [-0.39, 0.29) is 18.3 Å². The molecular weight excluding hydrogens is 375 g/mol. The van der Waals surface area contributed by atoms with Crippen LogP contribution in [0.5, 0.6) is 0 Å². The molecule has 3 rings (SSSR count). The second kappa shape index (κ2) is 9.82. The van der Waals surface area contributed by atoms with Crippen molar-refractivity contribution in [1.29, 1.82) is 0 Å². The van der Waals surface area contributed by atoms with Crippen LogP contribution in [0.25, 0.3) is 0 Å². The van der Waals surface area contributed by atoms with Crippen LogP contribution in [-0.2, 0) is 27.3 Å². The lowest BCUT2D eigenvalue weighted by Crippen LogP contribution is -2.30. The minimum absolute atomic E-state index is 0.152. The Morgan fingerprint density at radius 2 is 1.72 bits per heavy atom. The molecule has 1 saturated heterocycles. The summed E-state index contributed by atoms with van der Waals surface area (Å²) in [4.78, 5) is 37.4. The zero-order valence-corrected chi connectivity index (χ0v) is 16.0. The molecule has 29 heavy (non-hydrogen) atoms. The van der Waals surface area contributed by atoms with Gasteiger partial charge < -0.3 is 15.0 Å². The van der Waals surface area contributed by atoms with Gasteiger partial charge in [-0.05, 0) is 48.2 Å². The first kappa shape index (κ1) is 20.5. The van der Waals surface area contributed by atoms with Crippen molar-refractivity contribution in [2.24, 2.45) is 0 Å². The van der Waals surface area contributed by atoms with Gasteiger partial charge in [0.05, 0.1) is 5.56 Å². The highest BCUT2D eigenvalue weighted by Gasteiger charge is 2.20. The van der Waals surface area contributed by atoms with E-state index >= 15 is 0 Å². The molecule has 0 atom stereocenters. The molecule has 1 aliphatic heterocycles. The van der Waals surface area contributed by atoms with Gasteiger partial charge in [-0.25, -0.2) is 9.18 Å². The van der Waals surface area contributed by atoms with Crippen molar-refractivity contribution >= 4 is 17.8 Å². The summed E-state index contributed by atoms with van der Waals surface area (Å²) in [6, 6.07) is 12.9. The number of carbonyl (C=O) groups excluding carboxylic acids is 3. The molecule has 152 valence electrons. The molecular formula is C22H23FN2O4. The lowest BCUT2D eigenvalue weighted by Gasteiger charge is -2.15. The molecule has 0 saturated carbocycles. The van der Waals surface area contributed by atoms with Crippen molar-refractivity contribution in [3.05, 3.63) is 71.0 Å². The summed E-state index contributed by atoms with van der Waals surface area (Å²) < 4.78 is 17.9. The van der Waals surface area contributed by atoms with E-state index in [0.29, 0.717) is 31.5 Å². The van der Waals surface area contributed by atoms with E-state index in [2.05, 4.69) is 5.32 Å². The van der Waals surface area contributed by atoms with Gasteiger partial charge >= 0.3 is 5.97 Å². The molecule has 2 aromatic rings. The Balaban J connectivity index is 1.38. The Morgan fingerprint density at radius 1 is 1.03 bits per heavy atom. The summed E-state index contributed by atoms with van der Waals surface area (Å²) in [6.45, 7) is 1.29. The Hall–Kier alpha value is -3.22. The van der Waals surface area contributed by atoms with Gasteiger partial charge in [-0.1, -0.05) is 24.3 Å². The van der Waals surface area contributed by atoms with Gasteiger partial charge in [-0.15, -0.1) is 0 Å². The maximum Gasteiger partial charge on any atom is 0.338 e. The third kappa shape index (κ3) is 6.14.